The second kappa shape index (κ2) is 9.20. The average Bonchev–Trinajstić information content (AvgIpc) is 3.19. The maximum Gasteiger partial charge on any atom is 0.322 e. The fourth-order valence-electron chi connectivity index (χ4n) is 4.29. The van der Waals surface area contributed by atoms with Crippen LogP contribution in [0.5, 0.6) is 17.5 Å². The molecule has 9 nitrogen and oxygen atoms in total. The van der Waals surface area contributed by atoms with Gasteiger partial charge in [-0.1, -0.05) is 20.8 Å². The highest BCUT2D eigenvalue weighted by molar-refractivity contribution is 5.58. The molecule has 3 aromatic rings. The highest BCUT2D eigenvalue weighted by atomic mass is 16.5. The van der Waals surface area contributed by atoms with Gasteiger partial charge in [0.2, 0.25) is 5.95 Å². The van der Waals surface area contributed by atoms with Crippen molar-refractivity contribution in [3.05, 3.63) is 35.0 Å². The van der Waals surface area contributed by atoms with Crippen molar-refractivity contribution in [2.24, 2.45) is 0 Å². The molecule has 1 fully saturated rings. The van der Waals surface area contributed by atoms with Gasteiger partial charge in [0.1, 0.15) is 17.6 Å². The minimum absolute atomic E-state index is 0.0375. The first-order chi connectivity index (χ1) is 15.4. The number of nitrogen functional groups attached to an aromatic ring is 1. The van der Waals surface area contributed by atoms with Crippen LogP contribution < -0.4 is 25.3 Å². The SMILES string of the molecule is COc1ccc(OC)c([C@H](C)c2nn3c(N)nc(O[C@@H]4CCCNC4)nc3c2C(C)C)c1. The fraction of sp³-hybridized carbons (Fsp3) is 0.522. The monoisotopic (exact) mass is 440 g/mol. The molecule has 3 N–H and O–H groups in total. The summed E-state index contributed by atoms with van der Waals surface area (Å²) in [7, 11) is 3.32. The Morgan fingerprint density at radius 2 is 1.97 bits per heavy atom. The predicted molar refractivity (Wildman–Crippen MR) is 123 cm³/mol. The van der Waals surface area contributed by atoms with E-state index in [0.717, 1.165) is 54.3 Å². The molecule has 0 unspecified atom stereocenters. The maximum atomic E-state index is 6.29. The van der Waals surface area contributed by atoms with Gasteiger partial charge in [-0.25, -0.2) is 0 Å². The second-order valence-electron chi connectivity index (χ2n) is 8.47. The van der Waals surface area contributed by atoms with Crippen molar-refractivity contribution in [3.8, 4) is 17.5 Å². The number of nitrogens with zero attached hydrogens (tertiary/aromatic N) is 4. The molecule has 0 amide bonds. The third-order valence-electron chi connectivity index (χ3n) is 5.97. The van der Waals surface area contributed by atoms with E-state index in [4.69, 9.17) is 30.0 Å². The van der Waals surface area contributed by atoms with E-state index in [2.05, 4.69) is 31.1 Å². The molecule has 32 heavy (non-hydrogen) atoms. The van der Waals surface area contributed by atoms with Gasteiger partial charge >= 0.3 is 6.01 Å². The van der Waals surface area contributed by atoms with Gasteiger partial charge in [-0.2, -0.15) is 19.6 Å². The summed E-state index contributed by atoms with van der Waals surface area (Å²) in [4.78, 5) is 9.10. The first-order valence-electron chi connectivity index (χ1n) is 11.1. The van der Waals surface area contributed by atoms with Gasteiger partial charge < -0.3 is 25.3 Å². The molecule has 0 bridgehead atoms. The summed E-state index contributed by atoms with van der Waals surface area (Å²) in [6.45, 7) is 8.14. The molecule has 3 heterocycles. The zero-order valence-electron chi connectivity index (χ0n) is 19.4. The maximum absolute atomic E-state index is 6.29. The normalized spacial score (nSPS) is 17.5. The largest absolute Gasteiger partial charge is 0.497 e. The molecule has 1 aromatic carbocycles. The minimum Gasteiger partial charge on any atom is -0.497 e. The number of nitrogens with two attached hydrogens (primary N) is 1. The summed E-state index contributed by atoms with van der Waals surface area (Å²) in [6.07, 6.45) is 2.07. The van der Waals surface area contributed by atoms with Crippen LogP contribution in [0.4, 0.5) is 5.95 Å². The number of hydrogen-bond acceptors (Lipinski definition) is 8. The molecule has 0 saturated carbocycles. The van der Waals surface area contributed by atoms with Gasteiger partial charge in [0.25, 0.3) is 0 Å². The van der Waals surface area contributed by atoms with Crippen molar-refractivity contribution >= 4 is 11.6 Å². The first kappa shape index (κ1) is 22.1. The van der Waals surface area contributed by atoms with Gasteiger partial charge in [0.05, 0.1) is 19.9 Å². The number of fused-ring (bicyclic) bond motifs is 1. The van der Waals surface area contributed by atoms with E-state index < -0.39 is 0 Å². The lowest BCUT2D eigenvalue weighted by molar-refractivity contribution is 0.153. The van der Waals surface area contributed by atoms with Crippen LogP contribution >= 0.6 is 0 Å². The third kappa shape index (κ3) is 4.17. The van der Waals surface area contributed by atoms with Crippen LogP contribution in [0.25, 0.3) is 5.65 Å². The standard InChI is InChI=1S/C23H32N6O3/c1-13(2)19-20(14(3)17-11-15(30-4)8-9-18(17)31-5)28-29-21(19)26-23(27-22(29)24)32-16-7-6-10-25-12-16/h8-9,11,13-14,16,25H,6-7,10,12H2,1-5H3,(H2,24,26,27)/t14-,16+/m0/s1. The van der Waals surface area contributed by atoms with E-state index in [1.165, 1.54) is 0 Å². The van der Waals surface area contributed by atoms with Crippen molar-refractivity contribution in [1.29, 1.82) is 0 Å². The van der Waals surface area contributed by atoms with E-state index in [9.17, 15) is 0 Å². The number of methoxy groups -OCH3 is 2. The van der Waals surface area contributed by atoms with Crippen LogP contribution in [0, 0.1) is 0 Å². The van der Waals surface area contributed by atoms with E-state index >= 15 is 0 Å². The molecule has 4 rings (SSSR count). The Labute approximate surface area is 188 Å². The molecular weight excluding hydrogens is 408 g/mol. The smallest absolute Gasteiger partial charge is 0.322 e. The molecular formula is C23H32N6O3. The number of hydrogen-bond donors (Lipinski definition) is 2. The molecule has 172 valence electrons. The number of aromatic nitrogens is 4. The van der Waals surface area contributed by atoms with Crippen molar-refractivity contribution in [1.82, 2.24) is 24.9 Å². The summed E-state index contributed by atoms with van der Waals surface area (Å²) in [6, 6.07) is 6.07. The first-order valence-corrected chi connectivity index (χ1v) is 11.1. The summed E-state index contributed by atoms with van der Waals surface area (Å²) in [5.74, 6) is 1.88. The Bertz CT molecular complexity index is 1090. The van der Waals surface area contributed by atoms with Crippen molar-refractivity contribution in [2.75, 3.05) is 33.0 Å². The Morgan fingerprint density at radius 1 is 1.16 bits per heavy atom. The van der Waals surface area contributed by atoms with E-state index in [-0.39, 0.29) is 23.9 Å². The van der Waals surface area contributed by atoms with E-state index in [1.54, 1.807) is 18.7 Å². The van der Waals surface area contributed by atoms with Gasteiger partial charge in [-0.15, -0.1) is 0 Å². The number of rotatable bonds is 7. The van der Waals surface area contributed by atoms with Gasteiger partial charge in [-0.3, -0.25) is 0 Å². The predicted octanol–water partition coefficient (Wildman–Crippen LogP) is 3.13. The zero-order valence-corrected chi connectivity index (χ0v) is 19.4. The minimum atomic E-state index is -0.0783. The molecule has 9 heteroatoms. The molecule has 2 aromatic heterocycles. The summed E-state index contributed by atoms with van der Waals surface area (Å²) in [5, 5.41) is 8.17. The van der Waals surface area contributed by atoms with Crippen molar-refractivity contribution in [2.45, 2.75) is 51.6 Å². The van der Waals surface area contributed by atoms with E-state index in [0.29, 0.717) is 11.7 Å². The van der Waals surface area contributed by atoms with E-state index in [1.807, 2.05) is 18.2 Å². The van der Waals surface area contributed by atoms with Gasteiger partial charge in [-0.05, 0) is 43.5 Å². The summed E-state index contributed by atoms with van der Waals surface area (Å²) < 4.78 is 18.7. The number of ether oxygens (including phenoxy) is 3. The Hall–Kier alpha value is -3.07. The highest BCUT2D eigenvalue weighted by Gasteiger charge is 2.27. The molecule has 1 aliphatic rings. The second-order valence-corrected chi connectivity index (χ2v) is 8.47. The van der Waals surface area contributed by atoms with Crippen LogP contribution in [-0.2, 0) is 0 Å². The van der Waals surface area contributed by atoms with Crippen LogP contribution in [0.1, 0.15) is 62.3 Å². The molecule has 0 spiro atoms. The van der Waals surface area contributed by atoms with Gasteiger partial charge in [0, 0.05) is 23.6 Å². The van der Waals surface area contributed by atoms with Crippen LogP contribution in [-0.4, -0.2) is 53.0 Å². The lowest BCUT2D eigenvalue weighted by Gasteiger charge is -2.22. The van der Waals surface area contributed by atoms with Crippen molar-refractivity contribution < 1.29 is 14.2 Å². The zero-order chi connectivity index (χ0) is 22.8. The topological polar surface area (TPSA) is 109 Å². The average molecular weight is 441 g/mol. The molecule has 0 aliphatic carbocycles. The quantitative estimate of drug-likeness (QED) is 0.577. The number of benzene rings is 1. The van der Waals surface area contributed by atoms with Gasteiger partial charge in [0.15, 0.2) is 5.65 Å². The Morgan fingerprint density at radius 3 is 2.62 bits per heavy atom. The van der Waals surface area contributed by atoms with Crippen molar-refractivity contribution in [3.63, 3.8) is 0 Å². The third-order valence-corrected chi connectivity index (χ3v) is 5.97. The fourth-order valence-corrected chi connectivity index (χ4v) is 4.29. The number of nitrogens with one attached hydrogen (secondary N) is 1. The lowest BCUT2D eigenvalue weighted by atomic mass is 9.90. The highest BCUT2D eigenvalue weighted by Crippen LogP contribution is 2.38. The Balaban J connectivity index is 1.80. The van der Waals surface area contributed by atoms with Crippen LogP contribution in [0.15, 0.2) is 18.2 Å². The molecule has 1 saturated heterocycles. The van der Waals surface area contributed by atoms with Crippen LogP contribution in [0.3, 0.4) is 0 Å². The molecule has 2 atom stereocenters. The summed E-state index contributed by atoms with van der Waals surface area (Å²) >= 11 is 0. The Kier molecular flexibility index (Phi) is 6.36. The lowest BCUT2D eigenvalue weighted by Crippen LogP contribution is -2.37. The molecule has 0 radical (unpaired) electrons. The van der Waals surface area contributed by atoms with Crippen LogP contribution in [0.2, 0.25) is 0 Å². The number of anilines is 1. The summed E-state index contributed by atoms with van der Waals surface area (Å²) in [5.41, 5.74) is 9.85. The number of piperidine rings is 1. The molecule has 1 aliphatic heterocycles.